The molecule has 17 nitrogen and oxygen atoms in total. The molecule has 0 aromatic heterocycles. The Labute approximate surface area is 651 Å². The first-order valence-electron chi connectivity index (χ1n) is 44.7. The summed E-state index contributed by atoms with van der Waals surface area (Å²) in [6, 6.07) is 0. The van der Waals surface area contributed by atoms with E-state index in [2.05, 4.69) is 55.4 Å². The Balaban J connectivity index is 5.22. The summed E-state index contributed by atoms with van der Waals surface area (Å²) in [4.78, 5) is 73.2. The number of ether oxygens (including phenoxy) is 4. The van der Waals surface area contributed by atoms with Crippen LogP contribution in [-0.4, -0.2) is 96.7 Å². The van der Waals surface area contributed by atoms with Crippen molar-refractivity contribution in [2.24, 2.45) is 23.7 Å². The zero-order valence-electron chi connectivity index (χ0n) is 70.1. The molecule has 0 aromatic carbocycles. The predicted octanol–water partition coefficient (Wildman–Crippen LogP) is 26.3. The average Bonchev–Trinajstić information content (AvgIpc) is 0.900. The lowest BCUT2D eigenvalue weighted by atomic mass is 10.00. The van der Waals surface area contributed by atoms with Crippen molar-refractivity contribution < 1.29 is 80.2 Å². The normalized spacial score (nSPS) is 14.2. The number of unbranched alkanes of at least 4 members (excludes halogenated alkanes) is 49. The number of aliphatic hydroxyl groups excluding tert-OH is 1. The summed E-state index contributed by atoms with van der Waals surface area (Å²) < 4.78 is 68.9. The Bertz CT molecular complexity index is 2060. The van der Waals surface area contributed by atoms with Crippen LogP contribution < -0.4 is 0 Å². The first-order chi connectivity index (χ1) is 51.1. The molecule has 0 radical (unpaired) electrons. The summed E-state index contributed by atoms with van der Waals surface area (Å²) in [6.07, 6.45) is 65.3. The second kappa shape index (κ2) is 75.7. The monoisotopic (exact) mass is 1550 g/mol. The number of hydrogen-bond acceptors (Lipinski definition) is 15. The quantitative estimate of drug-likeness (QED) is 0.0222. The summed E-state index contributed by atoms with van der Waals surface area (Å²) in [5.41, 5.74) is 0. The first kappa shape index (κ1) is 104. The van der Waals surface area contributed by atoms with E-state index in [0.29, 0.717) is 25.7 Å². The van der Waals surface area contributed by atoms with Crippen molar-refractivity contribution in [3.8, 4) is 0 Å². The maximum atomic E-state index is 13.1. The number of rotatable bonds is 84. The highest BCUT2D eigenvalue weighted by Gasteiger charge is 2.31. The number of hydrogen-bond donors (Lipinski definition) is 3. The zero-order valence-corrected chi connectivity index (χ0v) is 71.9. The number of carbonyl (C=O) groups excluding carboxylic acids is 4. The largest absolute Gasteiger partial charge is 0.472 e. The van der Waals surface area contributed by atoms with Crippen LogP contribution in [0.15, 0.2) is 0 Å². The van der Waals surface area contributed by atoms with Crippen LogP contribution in [0.1, 0.15) is 453 Å². The van der Waals surface area contributed by atoms with Crippen LogP contribution in [0.3, 0.4) is 0 Å². The molecule has 3 unspecified atom stereocenters. The summed E-state index contributed by atoms with van der Waals surface area (Å²) in [5.74, 6) is 1.04. The summed E-state index contributed by atoms with van der Waals surface area (Å²) in [6.45, 7) is 14.3. The van der Waals surface area contributed by atoms with Crippen molar-refractivity contribution in [1.82, 2.24) is 0 Å². The molecule has 0 saturated heterocycles. The van der Waals surface area contributed by atoms with Gasteiger partial charge in [0.15, 0.2) is 12.2 Å². The Hall–Kier alpha value is -1.94. The van der Waals surface area contributed by atoms with E-state index in [1.165, 1.54) is 250 Å². The molecule has 0 spiro atoms. The van der Waals surface area contributed by atoms with Crippen molar-refractivity contribution in [1.29, 1.82) is 0 Å². The molecular formula is C87H170O17P2. The Kier molecular flexibility index (Phi) is 74.3. The van der Waals surface area contributed by atoms with Crippen LogP contribution in [0.2, 0.25) is 0 Å². The minimum atomic E-state index is -4.97. The fourth-order valence-electron chi connectivity index (χ4n) is 13.5. The predicted molar refractivity (Wildman–Crippen MR) is 437 cm³/mol. The van der Waals surface area contributed by atoms with Crippen LogP contribution >= 0.6 is 15.6 Å². The number of carbonyl (C=O) groups is 4. The number of phosphoric acid groups is 2. The van der Waals surface area contributed by atoms with E-state index in [4.69, 9.17) is 37.0 Å². The van der Waals surface area contributed by atoms with E-state index in [1.54, 1.807) is 0 Å². The molecular weight excluding hydrogens is 1380 g/mol. The minimum absolute atomic E-state index is 0.107. The van der Waals surface area contributed by atoms with Crippen LogP contribution in [0, 0.1) is 23.7 Å². The molecule has 0 heterocycles. The molecule has 630 valence electrons. The molecule has 3 N–H and O–H groups in total. The van der Waals surface area contributed by atoms with Crippen LogP contribution in [0.25, 0.3) is 0 Å². The highest BCUT2D eigenvalue weighted by molar-refractivity contribution is 7.47. The van der Waals surface area contributed by atoms with Crippen molar-refractivity contribution in [2.75, 3.05) is 39.6 Å². The SMILES string of the molecule is CCC(C)CCCCCCCCC(=O)OC[C@H](COP(=O)(O)OC[C@H](O)COP(=O)(O)OC[C@@H](COC(=O)CCCCCCCCCCCCCCCC(C)C)OC(=O)CCCCCCCCCCCCCCCCCCCCC(C)C)OC(=O)CCCCCCCCCCCCCCCCCCC(C)C. The Morgan fingerprint density at radius 2 is 0.453 bits per heavy atom. The molecule has 0 aliphatic rings. The van der Waals surface area contributed by atoms with E-state index < -0.39 is 97.5 Å². The Morgan fingerprint density at radius 1 is 0.264 bits per heavy atom. The number of esters is 4. The fraction of sp³-hybridized carbons (Fsp3) is 0.954. The molecule has 0 saturated carbocycles. The molecule has 0 aromatic rings. The second-order valence-electron chi connectivity index (χ2n) is 33.0. The summed E-state index contributed by atoms with van der Waals surface area (Å²) >= 11 is 0. The molecule has 19 heteroatoms. The van der Waals surface area contributed by atoms with Gasteiger partial charge < -0.3 is 33.8 Å². The van der Waals surface area contributed by atoms with Gasteiger partial charge in [0.2, 0.25) is 0 Å². The van der Waals surface area contributed by atoms with Gasteiger partial charge in [-0.2, -0.15) is 0 Å². The molecule has 106 heavy (non-hydrogen) atoms. The van der Waals surface area contributed by atoms with Crippen molar-refractivity contribution in [3.05, 3.63) is 0 Å². The van der Waals surface area contributed by atoms with Crippen molar-refractivity contribution in [2.45, 2.75) is 472 Å². The summed E-state index contributed by atoms with van der Waals surface area (Å²) in [5, 5.41) is 10.7. The van der Waals surface area contributed by atoms with Gasteiger partial charge in [-0.05, 0) is 49.4 Å². The molecule has 0 aliphatic heterocycles. The Morgan fingerprint density at radius 3 is 0.670 bits per heavy atom. The number of phosphoric ester groups is 2. The van der Waals surface area contributed by atoms with Crippen LogP contribution in [0.5, 0.6) is 0 Å². The first-order valence-corrected chi connectivity index (χ1v) is 47.7. The maximum Gasteiger partial charge on any atom is 0.472 e. The molecule has 0 bridgehead atoms. The van der Waals surface area contributed by atoms with Gasteiger partial charge >= 0.3 is 39.5 Å². The number of aliphatic hydroxyl groups is 1. The molecule has 0 aliphatic carbocycles. The highest BCUT2D eigenvalue weighted by atomic mass is 31.2. The van der Waals surface area contributed by atoms with E-state index >= 15 is 0 Å². The van der Waals surface area contributed by atoms with Crippen molar-refractivity contribution >= 4 is 39.5 Å². The molecule has 0 rings (SSSR count). The van der Waals surface area contributed by atoms with Crippen LogP contribution in [0.4, 0.5) is 0 Å². The van der Waals surface area contributed by atoms with Gasteiger partial charge in [-0.1, -0.05) is 402 Å². The zero-order chi connectivity index (χ0) is 78.1. The third kappa shape index (κ3) is 78.7. The van der Waals surface area contributed by atoms with Gasteiger partial charge in [0, 0.05) is 25.7 Å². The highest BCUT2D eigenvalue weighted by Crippen LogP contribution is 2.45. The van der Waals surface area contributed by atoms with Gasteiger partial charge in [0.25, 0.3) is 0 Å². The third-order valence-corrected chi connectivity index (χ3v) is 22.6. The van der Waals surface area contributed by atoms with Gasteiger partial charge in [0.1, 0.15) is 19.3 Å². The standard InChI is InChI=1S/C87H170O17P2/c1-9-80(8)66-58-50-45-46-52-60-68-85(90)98-74-83(104-87(92)70-62-54-44-38-32-25-19-15-14-17-22-28-34-40-48-56-64-78(4)5)76-102-106(95,96)100-72-81(88)71-99-105(93,94)101-75-82(73-97-84(89)67-59-51-42-36-30-26-20-23-29-35-41-49-57-65-79(6)7)103-86(91)69-61-53-43-37-31-24-18-13-11-10-12-16-21-27-33-39-47-55-63-77(2)3/h77-83,88H,9-76H2,1-8H3,(H,93,94)(H,95,96)/t80?,81-,82-,83-/m1/s1. The maximum absolute atomic E-state index is 13.1. The fourth-order valence-corrected chi connectivity index (χ4v) is 15.0. The average molecular weight is 1550 g/mol. The lowest BCUT2D eigenvalue weighted by molar-refractivity contribution is -0.161. The summed E-state index contributed by atoms with van der Waals surface area (Å²) in [7, 11) is -9.93. The van der Waals surface area contributed by atoms with E-state index in [0.717, 1.165) is 120 Å². The van der Waals surface area contributed by atoms with Gasteiger partial charge in [-0.15, -0.1) is 0 Å². The van der Waals surface area contributed by atoms with E-state index in [-0.39, 0.29) is 25.7 Å². The second-order valence-corrected chi connectivity index (χ2v) is 35.9. The van der Waals surface area contributed by atoms with E-state index in [9.17, 15) is 43.2 Å². The lowest BCUT2D eigenvalue weighted by Gasteiger charge is -2.21. The van der Waals surface area contributed by atoms with Gasteiger partial charge in [0.05, 0.1) is 26.4 Å². The molecule has 0 amide bonds. The topological polar surface area (TPSA) is 237 Å². The third-order valence-electron chi connectivity index (χ3n) is 20.7. The van der Waals surface area contributed by atoms with E-state index in [1.807, 2.05) is 0 Å². The molecule has 6 atom stereocenters. The van der Waals surface area contributed by atoms with Gasteiger partial charge in [-0.3, -0.25) is 37.3 Å². The van der Waals surface area contributed by atoms with Crippen LogP contribution in [-0.2, 0) is 65.4 Å². The minimum Gasteiger partial charge on any atom is -0.462 e. The smallest absolute Gasteiger partial charge is 0.462 e. The van der Waals surface area contributed by atoms with Crippen molar-refractivity contribution in [3.63, 3.8) is 0 Å². The van der Waals surface area contributed by atoms with Gasteiger partial charge in [-0.25, -0.2) is 9.13 Å². The lowest BCUT2D eigenvalue weighted by Crippen LogP contribution is -2.30. The molecule has 0 fully saturated rings.